The van der Waals surface area contributed by atoms with E-state index in [2.05, 4.69) is 26.0 Å². The average Bonchev–Trinajstić information content (AvgIpc) is 2.51. The van der Waals surface area contributed by atoms with Crippen LogP contribution in [0.25, 0.3) is 6.08 Å². The quantitative estimate of drug-likeness (QED) is 0.580. The number of hydrogen-bond acceptors (Lipinski definition) is 4. The maximum absolute atomic E-state index is 13.4. The molecule has 0 atom stereocenters. The van der Waals surface area contributed by atoms with Crippen LogP contribution in [0.1, 0.15) is 18.9 Å². The van der Waals surface area contributed by atoms with Crippen LogP contribution in [0.2, 0.25) is 0 Å². The minimum Gasteiger partial charge on any atom is -0.452 e. The van der Waals surface area contributed by atoms with Crippen LogP contribution in [0.4, 0.5) is 9.18 Å². The lowest BCUT2D eigenvalue weighted by atomic mass is 10.2. The fourth-order valence-electron chi connectivity index (χ4n) is 1.43. The van der Waals surface area contributed by atoms with Gasteiger partial charge in [-0.25, -0.2) is 14.0 Å². The first-order valence-corrected chi connectivity index (χ1v) is 7.59. The van der Waals surface area contributed by atoms with E-state index in [1.54, 1.807) is 0 Å². The summed E-state index contributed by atoms with van der Waals surface area (Å²) in [6.07, 6.45) is 2.96. The predicted molar refractivity (Wildman–Crippen MR) is 85.9 cm³/mol. The molecule has 2 N–H and O–H groups in total. The lowest BCUT2D eigenvalue weighted by Gasteiger charge is -2.05. The Kier molecular flexibility index (Phi) is 7.96. The van der Waals surface area contributed by atoms with Gasteiger partial charge in [0.05, 0.1) is 0 Å². The van der Waals surface area contributed by atoms with Gasteiger partial charge in [0, 0.05) is 22.7 Å². The maximum Gasteiger partial charge on any atom is 0.331 e. The van der Waals surface area contributed by atoms with Crippen molar-refractivity contribution in [3.8, 4) is 0 Å². The van der Waals surface area contributed by atoms with E-state index in [-0.39, 0.29) is 5.56 Å². The van der Waals surface area contributed by atoms with Crippen molar-refractivity contribution in [1.82, 2.24) is 10.6 Å². The highest BCUT2D eigenvalue weighted by atomic mass is 79.9. The summed E-state index contributed by atoms with van der Waals surface area (Å²) in [4.78, 5) is 34.0. The third kappa shape index (κ3) is 7.55. The molecule has 6 nitrogen and oxygen atoms in total. The van der Waals surface area contributed by atoms with Gasteiger partial charge in [-0.3, -0.25) is 10.1 Å². The zero-order valence-corrected chi connectivity index (χ0v) is 14.0. The molecule has 1 aromatic carbocycles. The average molecular weight is 387 g/mol. The van der Waals surface area contributed by atoms with Gasteiger partial charge in [-0.15, -0.1) is 0 Å². The Hall–Kier alpha value is -2.22. The molecule has 0 heterocycles. The van der Waals surface area contributed by atoms with Crippen LogP contribution < -0.4 is 10.6 Å². The van der Waals surface area contributed by atoms with E-state index in [1.165, 1.54) is 24.3 Å². The minimum atomic E-state index is -0.825. The Balaban J connectivity index is 2.42. The maximum atomic E-state index is 13.4. The van der Waals surface area contributed by atoms with E-state index in [9.17, 15) is 18.8 Å². The molecule has 0 unspecified atom stereocenters. The van der Waals surface area contributed by atoms with Gasteiger partial charge >= 0.3 is 12.0 Å². The van der Waals surface area contributed by atoms with Crippen molar-refractivity contribution in [2.45, 2.75) is 13.3 Å². The van der Waals surface area contributed by atoms with Crippen LogP contribution in [-0.4, -0.2) is 31.1 Å². The first-order chi connectivity index (χ1) is 10.9. The van der Waals surface area contributed by atoms with E-state index in [0.717, 1.165) is 12.5 Å². The standard InChI is InChI=1S/C15H16BrFN2O4/c1-2-7-18-15(22)19-13(20)9-23-14(21)6-3-10-8-11(16)4-5-12(10)17/h3-6,8H,2,7,9H2,1H3,(H2,18,19,20,22)/b6-3+. The van der Waals surface area contributed by atoms with Gasteiger partial charge in [0.1, 0.15) is 5.82 Å². The summed E-state index contributed by atoms with van der Waals surface area (Å²) < 4.78 is 18.8. The van der Waals surface area contributed by atoms with Gasteiger partial charge < -0.3 is 10.1 Å². The second-order valence-electron chi connectivity index (χ2n) is 4.41. The largest absolute Gasteiger partial charge is 0.452 e. The van der Waals surface area contributed by atoms with Crippen molar-refractivity contribution in [3.05, 3.63) is 40.1 Å². The summed E-state index contributed by atoms with van der Waals surface area (Å²) in [5.74, 6) is -2.08. The highest BCUT2D eigenvalue weighted by Gasteiger charge is 2.09. The summed E-state index contributed by atoms with van der Waals surface area (Å²) >= 11 is 3.19. The first kappa shape index (κ1) is 18.8. The SMILES string of the molecule is CCCNC(=O)NC(=O)COC(=O)/C=C/c1cc(Br)ccc1F. The third-order valence-electron chi connectivity index (χ3n) is 2.49. The van der Waals surface area contributed by atoms with Crippen LogP contribution in [0, 0.1) is 5.82 Å². The van der Waals surface area contributed by atoms with E-state index < -0.39 is 30.3 Å². The first-order valence-electron chi connectivity index (χ1n) is 6.80. The van der Waals surface area contributed by atoms with Crippen molar-refractivity contribution < 1.29 is 23.5 Å². The normalized spacial score (nSPS) is 10.4. The molecule has 0 bridgehead atoms. The highest BCUT2D eigenvalue weighted by molar-refractivity contribution is 9.10. The Morgan fingerprint density at radius 3 is 2.78 bits per heavy atom. The Morgan fingerprint density at radius 2 is 2.09 bits per heavy atom. The third-order valence-corrected chi connectivity index (χ3v) is 2.98. The van der Waals surface area contributed by atoms with Gasteiger partial charge in [0.15, 0.2) is 6.61 Å². The molecule has 3 amide bonds. The molecular formula is C15H16BrFN2O4. The number of imide groups is 1. The fraction of sp³-hybridized carbons (Fsp3) is 0.267. The van der Waals surface area contributed by atoms with Crippen LogP contribution in [0.5, 0.6) is 0 Å². The molecule has 0 spiro atoms. The predicted octanol–water partition coefficient (Wildman–Crippen LogP) is 2.38. The molecule has 124 valence electrons. The molecule has 0 aromatic heterocycles. The highest BCUT2D eigenvalue weighted by Crippen LogP contribution is 2.16. The minimum absolute atomic E-state index is 0.194. The second kappa shape index (κ2) is 9.73. The van der Waals surface area contributed by atoms with Crippen LogP contribution in [0.3, 0.4) is 0 Å². The van der Waals surface area contributed by atoms with Crippen LogP contribution in [0.15, 0.2) is 28.7 Å². The van der Waals surface area contributed by atoms with Gasteiger partial charge in [-0.2, -0.15) is 0 Å². The molecule has 23 heavy (non-hydrogen) atoms. The molecule has 0 saturated heterocycles. The van der Waals surface area contributed by atoms with Gasteiger partial charge in [-0.05, 0) is 30.7 Å². The number of hydrogen-bond donors (Lipinski definition) is 2. The van der Waals surface area contributed by atoms with Gasteiger partial charge in [0.25, 0.3) is 5.91 Å². The van der Waals surface area contributed by atoms with Gasteiger partial charge in [-0.1, -0.05) is 22.9 Å². The Labute approximate surface area is 141 Å². The monoisotopic (exact) mass is 386 g/mol. The topological polar surface area (TPSA) is 84.5 Å². The number of urea groups is 1. The van der Waals surface area contributed by atoms with Crippen molar-refractivity contribution in [3.63, 3.8) is 0 Å². The number of amides is 3. The molecular weight excluding hydrogens is 371 g/mol. The van der Waals surface area contributed by atoms with E-state index in [4.69, 9.17) is 0 Å². The number of esters is 1. The number of rotatable bonds is 6. The molecule has 8 heteroatoms. The number of carbonyl (C=O) groups is 3. The van der Waals surface area contributed by atoms with Crippen LogP contribution >= 0.6 is 15.9 Å². The van der Waals surface area contributed by atoms with Crippen molar-refractivity contribution in [2.24, 2.45) is 0 Å². The van der Waals surface area contributed by atoms with E-state index in [0.29, 0.717) is 11.0 Å². The molecule has 0 aliphatic heterocycles. The number of benzene rings is 1. The van der Waals surface area contributed by atoms with E-state index in [1.807, 2.05) is 12.2 Å². The number of nitrogens with one attached hydrogen (secondary N) is 2. The van der Waals surface area contributed by atoms with Gasteiger partial charge in [0.2, 0.25) is 0 Å². The van der Waals surface area contributed by atoms with Crippen LogP contribution in [-0.2, 0) is 14.3 Å². The molecule has 0 saturated carbocycles. The molecule has 0 radical (unpaired) electrons. The number of ether oxygens (including phenoxy) is 1. The molecule has 1 aromatic rings. The Bertz CT molecular complexity index is 619. The van der Waals surface area contributed by atoms with E-state index >= 15 is 0 Å². The summed E-state index contributed by atoms with van der Waals surface area (Å²) in [5, 5.41) is 4.44. The Morgan fingerprint density at radius 1 is 1.35 bits per heavy atom. The lowest BCUT2D eigenvalue weighted by Crippen LogP contribution is -2.41. The number of carbonyl (C=O) groups excluding carboxylic acids is 3. The summed E-state index contributed by atoms with van der Waals surface area (Å²) in [6, 6.07) is 3.61. The summed E-state index contributed by atoms with van der Waals surface area (Å²) in [7, 11) is 0. The molecule has 0 aliphatic rings. The summed E-state index contributed by atoms with van der Waals surface area (Å²) in [6.45, 7) is 1.69. The zero-order valence-electron chi connectivity index (χ0n) is 12.4. The zero-order chi connectivity index (χ0) is 17.2. The molecule has 0 fully saturated rings. The molecule has 0 aliphatic carbocycles. The van der Waals surface area contributed by atoms with Crippen molar-refractivity contribution in [2.75, 3.05) is 13.2 Å². The fourth-order valence-corrected chi connectivity index (χ4v) is 1.81. The summed E-state index contributed by atoms with van der Waals surface area (Å²) in [5.41, 5.74) is 0.194. The number of halogens is 2. The molecule has 1 rings (SSSR count). The van der Waals surface area contributed by atoms with Crippen molar-refractivity contribution >= 4 is 39.9 Å². The smallest absolute Gasteiger partial charge is 0.331 e. The lowest BCUT2D eigenvalue weighted by molar-refractivity contribution is -0.143. The van der Waals surface area contributed by atoms with Crippen molar-refractivity contribution in [1.29, 1.82) is 0 Å². The second-order valence-corrected chi connectivity index (χ2v) is 5.33.